The van der Waals surface area contributed by atoms with Crippen molar-refractivity contribution in [1.29, 1.82) is 0 Å². The van der Waals surface area contributed by atoms with Gasteiger partial charge in [0.2, 0.25) is 0 Å². The van der Waals surface area contributed by atoms with Gasteiger partial charge in [-0.1, -0.05) is 12.1 Å². The summed E-state index contributed by atoms with van der Waals surface area (Å²) in [5, 5.41) is 24.3. The number of nitro groups is 1. The summed E-state index contributed by atoms with van der Waals surface area (Å²) in [4.78, 5) is 24.7. The Hall–Kier alpha value is -3.29. The quantitative estimate of drug-likeness (QED) is 0.662. The van der Waals surface area contributed by atoms with Crippen LogP contribution in [0.15, 0.2) is 36.4 Å². The Bertz CT molecular complexity index is 836. The Morgan fingerprint density at radius 1 is 1.33 bits per heavy atom. The summed E-state index contributed by atoms with van der Waals surface area (Å²) >= 11 is 0. The predicted octanol–water partition coefficient (Wildman–Crippen LogP) is 2.51. The molecule has 8 nitrogen and oxygen atoms in total. The average Bonchev–Trinajstić information content (AvgIpc) is 2.58. The second kappa shape index (κ2) is 5.73. The molecule has 0 fully saturated rings. The van der Waals surface area contributed by atoms with E-state index in [1.807, 2.05) is 0 Å². The summed E-state index contributed by atoms with van der Waals surface area (Å²) in [5.74, 6) is -0.495. The van der Waals surface area contributed by atoms with Crippen molar-refractivity contribution in [2.24, 2.45) is 0 Å². The first-order chi connectivity index (χ1) is 11.4. The predicted molar refractivity (Wildman–Crippen MR) is 86.2 cm³/mol. The highest BCUT2D eigenvalue weighted by Gasteiger charge is 2.35. The zero-order valence-electron chi connectivity index (χ0n) is 13.0. The maximum absolute atomic E-state index is 12.5. The van der Waals surface area contributed by atoms with Gasteiger partial charge in [-0.05, 0) is 18.2 Å². The van der Waals surface area contributed by atoms with Crippen LogP contribution in [0.25, 0.3) is 0 Å². The number of rotatable bonds is 3. The van der Waals surface area contributed by atoms with Crippen LogP contribution in [0.5, 0.6) is 11.5 Å². The molecule has 3 rings (SSSR count). The van der Waals surface area contributed by atoms with Gasteiger partial charge in [0.15, 0.2) is 11.5 Å². The number of para-hydroxylation sites is 1. The normalized spacial score (nSPS) is 16.3. The van der Waals surface area contributed by atoms with Gasteiger partial charge in [-0.25, -0.2) is 0 Å². The third kappa shape index (κ3) is 2.37. The minimum absolute atomic E-state index is 0.0945. The van der Waals surface area contributed by atoms with Crippen LogP contribution in [-0.2, 0) is 0 Å². The van der Waals surface area contributed by atoms with E-state index in [0.29, 0.717) is 11.3 Å². The van der Waals surface area contributed by atoms with Gasteiger partial charge in [-0.15, -0.1) is 0 Å². The molecule has 2 aromatic rings. The molecule has 0 unspecified atom stereocenters. The molecule has 1 aliphatic heterocycles. The molecule has 2 N–H and O–H groups in total. The smallest absolute Gasteiger partial charge is 0.280 e. The third-order valence-corrected chi connectivity index (χ3v) is 3.98. The SMILES string of the molecule is COc1cc([C@H]2Nc3ccccc3C(=O)N2C)c([N+](=O)[O-])cc1O. The molecule has 1 aliphatic rings. The Balaban J connectivity index is 2.15. The Morgan fingerprint density at radius 2 is 2.04 bits per heavy atom. The lowest BCUT2D eigenvalue weighted by atomic mass is 10.0. The van der Waals surface area contributed by atoms with E-state index in [9.17, 15) is 20.0 Å². The Morgan fingerprint density at radius 3 is 2.71 bits per heavy atom. The molecule has 0 aliphatic carbocycles. The standard InChI is InChI=1S/C16H15N3O5/c1-18-15(17-11-6-4-3-5-9(11)16(18)21)10-7-14(24-2)13(20)8-12(10)19(22)23/h3-8,15,17,20H,1-2H3/t15-/m0/s1. The van der Waals surface area contributed by atoms with Crippen molar-refractivity contribution < 1.29 is 19.6 Å². The van der Waals surface area contributed by atoms with Crippen molar-refractivity contribution in [3.05, 3.63) is 57.6 Å². The third-order valence-electron chi connectivity index (χ3n) is 3.98. The summed E-state index contributed by atoms with van der Waals surface area (Å²) < 4.78 is 5.04. The number of nitrogens with one attached hydrogen (secondary N) is 1. The van der Waals surface area contributed by atoms with Gasteiger partial charge in [0.1, 0.15) is 6.17 Å². The van der Waals surface area contributed by atoms with E-state index in [1.54, 1.807) is 31.3 Å². The van der Waals surface area contributed by atoms with Crippen LogP contribution in [0, 0.1) is 10.1 Å². The number of hydrogen-bond donors (Lipinski definition) is 2. The molecule has 2 aromatic carbocycles. The van der Waals surface area contributed by atoms with Gasteiger partial charge in [0, 0.05) is 12.7 Å². The summed E-state index contributed by atoms with van der Waals surface area (Å²) in [6.45, 7) is 0. The van der Waals surface area contributed by atoms with Crippen LogP contribution < -0.4 is 10.1 Å². The lowest BCUT2D eigenvalue weighted by molar-refractivity contribution is -0.385. The minimum Gasteiger partial charge on any atom is -0.504 e. The van der Waals surface area contributed by atoms with Crippen LogP contribution in [0.2, 0.25) is 0 Å². The number of fused-ring (bicyclic) bond motifs is 1. The van der Waals surface area contributed by atoms with Gasteiger partial charge in [-0.2, -0.15) is 0 Å². The van der Waals surface area contributed by atoms with E-state index in [4.69, 9.17) is 4.74 Å². The lowest BCUT2D eigenvalue weighted by Gasteiger charge is -2.35. The number of carbonyl (C=O) groups is 1. The first-order valence-electron chi connectivity index (χ1n) is 7.12. The number of phenols is 1. The molecule has 0 aromatic heterocycles. The van der Waals surface area contributed by atoms with E-state index >= 15 is 0 Å². The van der Waals surface area contributed by atoms with Gasteiger partial charge in [0.25, 0.3) is 11.6 Å². The summed E-state index contributed by atoms with van der Waals surface area (Å²) in [6.07, 6.45) is -0.762. The number of phenolic OH excluding ortho intramolecular Hbond substituents is 1. The van der Waals surface area contributed by atoms with Gasteiger partial charge in [0.05, 0.1) is 29.2 Å². The first-order valence-corrected chi connectivity index (χ1v) is 7.12. The zero-order valence-corrected chi connectivity index (χ0v) is 13.0. The molecule has 1 atom stereocenters. The zero-order chi connectivity index (χ0) is 17.4. The molecule has 24 heavy (non-hydrogen) atoms. The summed E-state index contributed by atoms with van der Waals surface area (Å²) in [6, 6.07) is 9.32. The average molecular weight is 329 g/mol. The molecule has 0 saturated carbocycles. The first kappa shape index (κ1) is 15.6. The molecular weight excluding hydrogens is 314 g/mol. The van der Waals surface area contributed by atoms with Crippen molar-refractivity contribution in [3.8, 4) is 11.5 Å². The van der Waals surface area contributed by atoms with Crippen molar-refractivity contribution in [2.45, 2.75) is 6.17 Å². The molecule has 124 valence electrons. The summed E-state index contributed by atoms with van der Waals surface area (Å²) in [5.41, 5.74) is 1.00. The van der Waals surface area contributed by atoms with E-state index in [0.717, 1.165) is 6.07 Å². The number of carbonyl (C=O) groups excluding carboxylic acids is 1. The van der Waals surface area contributed by atoms with Crippen molar-refractivity contribution in [2.75, 3.05) is 19.5 Å². The Labute approximate surface area is 137 Å². The van der Waals surface area contributed by atoms with E-state index in [-0.39, 0.29) is 28.7 Å². The van der Waals surface area contributed by atoms with Crippen LogP contribution in [0.3, 0.4) is 0 Å². The highest BCUT2D eigenvalue weighted by atomic mass is 16.6. The molecule has 0 bridgehead atoms. The number of methoxy groups -OCH3 is 1. The fourth-order valence-corrected chi connectivity index (χ4v) is 2.75. The largest absolute Gasteiger partial charge is 0.504 e. The number of benzene rings is 2. The van der Waals surface area contributed by atoms with Crippen molar-refractivity contribution in [3.63, 3.8) is 0 Å². The number of nitrogens with zero attached hydrogens (tertiary/aromatic N) is 2. The number of amides is 1. The highest BCUT2D eigenvalue weighted by Crippen LogP contribution is 2.40. The number of anilines is 1. The van der Waals surface area contributed by atoms with Crippen LogP contribution in [0.1, 0.15) is 22.1 Å². The second-order valence-electron chi connectivity index (χ2n) is 5.35. The molecular formula is C16H15N3O5. The molecule has 8 heteroatoms. The summed E-state index contributed by atoms with van der Waals surface area (Å²) in [7, 11) is 2.90. The van der Waals surface area contributed by atoms with E-state index in [2.05, 4.69) is 5.32 Å². The topological polar surface area (TPSA) is 105 Å². The van der Waals surface area contributed by atoms with Crippen LogP contribution >= 0.6 is 0 Å². The number of hydrogen-bond acceptors (Lipinski definition) is 6. The van der Waals surface area contributed by atoms with Crippen LogP contribution in [0.4, 0.5) is 11.4 Å². The molecule has 1 amide bonds. The minimum atomic E-state index is -0.762. The fraction of sp³-hybridized carbons (Fsp3) is 0.188. The van der Waals surface area contributed by atoms with Gasteiger partial charge < -0.3 is 20.1 Å². The van der Waals surface area contributed by atoms with E-state index < -0.39 is 11.1 Å². The molecule has 1 heterocycles. The van der Waals surface area contributed by atoms with Gasteiger partial charge in [-0.3, -0.25) is 14.9 Å². The number of ether oxygens (including phenoxy) is 1. The fourth-order valence-electron chi connectivity index (χ4n) is 2.75. The van der Waals surface area contributed by atoms with Crippen molar-refractivity contribution in [1.82, 2.24) is 4.90 Å². The van der Waals surface area contributed by atoms with E-state index in [1.165, 1.54) is 18.1 Å². The highest BCUT2D eigenvalue weighted by molar-refractivity contribution is 6.01. The maximum Gasteiger partial charge on any atom is 0.280 e. The maximum atomic E-state index is 12.5. The number of aromatic hydroxyl groups is 1. The molecule has 0 saturated heterocycles. The lowest BCUT2D eigenvalue weighted by Crippen LogP contribution is -2.40. The monoisotopic (exact) mass is 329 g/mol. The van der Waals surface area contributed by atoms with Gasteiger partial charge >= 0.3 is 0 Å². The van der Waals surface area contributed by atoms with Crippen LogP contribution in [-0.4, -0.2) is 35.0 Å². The number of nitro benzene ring substituents is 1. The molecule has 0 radical (unpaired) electrons. The van der Waals surface area contributed by atoms with Crippen molar-refractivity contribution >= 4 is 17.3 Å². The second-order valence-corrected chi connectivity index (χ2v) is 5.35. The Kier molecular flexibility index (Phi) is 3.72. The molecule has 0 spiro atoms.